The summed E-state index contributed by atoms with van der Waals surface area (Å²) in [5.41, 5.74) is 1.93. The molecule has 0 radical (unpaired) electrons. The molecule has 1 N–H and O–H groups in total. The highest BCUT2D eigenvalue weighted by atomic mass is 79.9. The highest BCUT2D eigenvalue weighted by Gasteiger charge is 2.19. The zero-order chi connectivity index (χ0) is 17.8. The van der Waals surface area contributed by atoms with Gasteiger partial charge in [0.25, 0.3) is 0 Å². The van der Waals surface area contributed by atoms with E-state index in [1.807, 2.05) is 30.3 Å². The van der Waals surface area contributed by atoms with Gasteiger partial charge in [0.2, 0.25) is 0 Å². The van der Waals surface area contributed by atoms with Gasteiger partial charge in [-0.25, -0.2) is 4.39 Å². The molecule has 25 heavy (non-hydrogen) atoms. The Bertz CT molecular complexity index is 748. The molecule has 0 saturated carbocycles. The molecular weight excluding hydrogens is 425 g/mol. The maximum atomic E-state index is 13.0. The molecular formula is C18H18BrClFN3S. The van der Waals surface area contributed by atoms with Crippen LogP contribution in [0.1, 0.15) is 5.56 Å². The van der Waals surface area contributed by atoms with Gasteiger partial charge < -0.3 is 10.2 Å². The molecule has 0 unspecified atom stereocenters. The van der Waals surface area contributed by atoms with Gasteiger partial charge in [0.1, 0.15) is 5.82 Å². The van der Waals surface area contributed by atoms with E-state index in [-0.39, 0.29) is 5.82 Å². The van der Waals surface area contributed by atoms with Crippen LogP contribution in [0, 0.1) is 5.82 Å². The van der Waals surface area contributed by atoms with E-state index in [4.69, 9.17) is 23.8 Å². The number of nitrogens with zero attached hydrogens (tertiary/aromatic N) is 2. The predicted octanol–water partition coefficient (Wildman–Crippen LogP) is 4.76. The normalized spacial score (nSPS) is 15.2. The molecule has 1 fully saturated rings. The zero-order valence-corrected chi connectivity index (χ0v) is 16.7. The molecule has 2 aromatic rings. The van der Waals surface area contributed by atoms with Crippen LogP contribution in [0.3, 0.4) is 0 Å². The van der Waals surface area contributed by atoms with E-state index in [0.29, 0.717) is 10.1 Å². The van der Waals surface area contributed by atoms with Gasteiger partial charge in [0.05, 0.1) is 10.7 Å². The Labute approximate surface area is 165 Å². The fraction of sp³-hybridized carbons (Fsp3) is 0.278. The third kappa shape index (κ3) is 5.14. The van der Waals surface area contributed by atoms with E-state index >= 15 is 0 Å². The van der Waals surface area contributed by atoms with Crippen molar-refractivity contribution < 1.29 is 4.39 Å². The van der Waals surface area contributed by atoms with Gasteiger partial charge in [0.15, 0.2) is 5.11 Å². The lowest BCUT2D eigenvalue weighted by atomic mass is 10.2. The van der Waals surface area contributed by atoms with E-state index < -0.39 is 0 Å². The van der Waals surface area contributed by atoms with Crippen LogP contribution in [-0.2, 0) is 6.54 Å². The molecule has 0 aliphatic carbocycles. The first-order valence-corrected chi connectivity index (χ1v) is 9.57. The second-order valence-corrected chi connectivity index (χ2v) is 7.65. The molecule has 1 aliphatic heterocycles. The largest absolute Gasteiger partial charge is 0.346 e. The first-order chi connectivity index (χ1) is 12.0. The minimum absolute atomic E-state index is 0.198. The number of piperazine rings is 1. The second-order valence-electron chi connectivity index (χ2n) is 5.94. The third-order valence-corrected chi connectivity index (χ3v) is 5.32. The molecule has 0 amide bonds. The van der Waals surface area contributed by atoms with Gasteiger partial charge in [-0.3, -0.25) is 4.90 Å². The quantitative estimate of drug-likeness (QED) is 0.691. The third-order valence-electron chi connectivity index (χ3n) is 4.15. The molecule has 7 heteroatoms. The van der Waals surface area contributed by atoms with E-state index in [0.717, 1.165) is 48.4 Å². The van der Waals surface area contributed by atoms with Crippen LogP contribution >= 0.6 is 39.7 Å². The zero-order valence-electron chi connectivity index (χ0n) is 13.5. The molecule has 0 bridgehead atoms. The molecule has 1 saturated heterocycles. The molecule has 3 rings (SSSR count). The minimum atomic E-state index is -0.198. The van der Waals surface area contributed by atoms with Crippen molar-refractivity contribution in [1.82, 2.24) is 9.80 Å². The maximum absolute atomic E-state index is 13.0. The Kier molecular flexibility index (Phi) is 6.28. The summed E-state index contributed by atoms with van der Waals surface area (Å²) in [4.78, 5) is 4.49. The maximum Gasteiger partial charge on any atom is 0.173 e. The van der Waals surface area contributed by atoms with E-state index in [1.54, 1.807) is 0 Å². The van der Waals surface area contributed by atoms with E-state index in [9.17, 15) is 4.39 Å². The molecule has 0 atom stereocenters. The SMILES string of the molecule is Fc1ccc(CN2CCN(C(=S)Nc3ccc(Br)cc3Cl)CC2)cc1. The summed E-state index contributed by atoms with van der Waals surface area (Å²) in [6.07, 6.45) is 0. The molecule has 1 heterocycles. The van der Waals surface area contributed by atoms with Gasteiger partial charge in [-0.15, -0.1) is 0 Å². The van der Waals surface area contributed by atoms with Crippen LogP contribution in [0.4, 0.5) is 10.1 Å². The molecule has 0 spiro atoms. The van der Waals surface area contributed by atoms with E-state index in [2.05, 4.69) is 31.0 Å². The Morgan fingerprint density at radius 3 is 2.44 bits per heavy atom. The summed E-state index contributed by atoms with van der Waals surface area (Å²) < 4.78 is 13.9. The number of hydrogen-bond acceptors (Lipinski definition) is 2. The van der Waals surface area contributed by atoms with Crippen molar-refractivity contribution in [3.8, 4) is 0 Å². The average Bonchev–Trinajstić information content (AvgIpc) is 2.60. The predicted molar refractivity (Wildman–Crippen MR) is 109 cm³/mol. The summed E-state index contributed by atoms with van der Waals surface area (Å²) in [7, 11) is 0. The second kappa shape index (κ2) is 8.45. The average molecular weight is 443 g/mol. The Balaban J connectivity index is 1.51. The van der Waals surface area contributed by atoms with Crippen LogP contribution in [0.5, 0.6) is 0 Å². The summed E-state index contributed by atoms with van der Waals surface area (Å²) in [6.45, 7) is 4.34. The van der Waals surface area contributed by atoms with Gasteiger partial charge >= 0.3 is 0 Å². The number of nitrogens with one attached hydrogen (secondary N) is 1. The van der Waals surface area contributed by atoms with Crippen LogP contribution in [-0.4, -0.2) is 41.1 Å². The molecule has 2 aromatic carbocycles. The van der Waals surface area contributed by atoms with Crippen molar-refractivity contribution in [1.29, 1.82) is 0 Å². The summed E-state index contributed by atoms with van der Waals surface area (Å²) >= 11 is 15.1. The molecule has 3 nitrogen and oxygen atoms in total. The van der Waals surface area contributed by atoms with Crippen LogP contribution in [0.15, 0.2) is 46.9 Å². The number of rotatable bonds is 3. The fourth-order valence-electron chi connectivity index (χ4n) is 2.74. The lowest BCUT2D eigenvalue weighted by molar-refractivity contribution is 0.177. The first-order valence-electron chi connectivity index (χ1n) is 7.99. The van der Waals surface area contributed by atoms with Crippen molar-refractivity contribution >= 4 is 50.5 Å². The number of thiocarbonyl (C=S) groups is 1. The standard InChI is InChI=1S/C18H18BrClFN3S/c19-14-3-6-17(16(20)11-14)22-18(25)24-9-7-23(8-10-24)12-13-1-4-15(21)5-2-13/h1-6,11H,7-10,12H2,(H,22,25). The Morgan fingerprint density at radius 1 is 1.12 bits per heavy atom. The first kappa shape index (κ1) is 18.6. The number of anilines is 1. The van der Waals surface area contributed by atoms with Crippen molar-refractivity contribution in [3.05, 3.63) is 63.3 Å². The summed E-state index contributed by atoms with van der Waals surface area (Å²) in [5.74, 6) is -0.198. The lowest BCUT2D eigenvalue weighted by Gasteiger charge is -2.36. The topological polar surface area (TPSA) is 18.5 Å². The Hall–Kier alpha value is -1.21. The number of hydrogen-bond donors (Lipinski definition) is 1. The van der Waals surface area contributed by atoms with Crippen LogP contribution < -0.4 is 5.32 Å². The van der Waals surface area contributed by atoms with Crippen molar-refractivity contribution in [2.45, 2.75) is 6.54 Å². The van der Waals surface area contributed by atoms with Crippen molar-refractivity contribution in [3.63, 3.8) is 0 Å². The van der Waals surface area contributed by atoms with Crippen LogP contribution in [0.2, 0.25) is 5.02 Å². The smallest absolute Gasteiger partial charge is 0.173 e. The Morgan fingerprint density at radius 2 is 1.80 bits per heavy atom. The summed E-state index contributed by atoms with van der Waals surface area (Å²) in [5, 5.41) is 4.54. The van der Waals surface area contributed by atoms with E-state index in [1.165, 1.54) is 12.1 Å². The van der Waals surface area contributed by atoms with Gasteiger partial charge in [-0.2, -0.15) is 0 Å². The molecule has 1 aliphatic rings. The number of benzene rings is 2. The summed E-state index contributed by atoms with van der Waals surface area (Å²) in [6, 6.07) is 12.4. The number of halogens is 3. The minimum Gasteiger partial charge on any atom is -0.346 e. The van der Waals surface area contributed by atoms with Crippen molar-refractivity contribution in [2.24, 2.45) is 0 Å². The highest BCUT2D eigenvalue weighted by Crippen LogP contribution is 2.26. The van der Waals surface area contributed by atoms with Crippen LogP contribution in [0.25, 0.3) is 0 Å². The highest BCUT2D eigenvalue weighted by molar-refractivity contribution is 9.10. The van der Waals surface area contributed by atoms with Gasteiger partial charge in [-0.1, -0.05) is 39.7 Å². The lowest BCUT2D eigenvalue weighted by Crippen LogP contribution is -2.49. The molecule has 0 aromatic heterocycles. The van der Waals surface area contributed by atoms with Gasteiger partial charge in [0, 0.05) is 37.2 Å². The monoisotopic (exact) mass is 441 g/mol. The van der Waals surface area contributed by atoms with Gasteiger partial charge in [-0.05, 0) is 48.1 Å². The molecule has 132 valence electrons. The fourth-order valence-corrected chi connectivity index (χ4v) is 3.76. The van der Waals surface area contributed by atoms with Crippen molar-refractivity contribution in [2.75, 3.05) is 31.5 Å².